The summed E-state index contributed by atoms with van der Waals surface area (Å²) in [5.41, 5.74) is 7.18. The van der Waals surface area contributed by atoms with E-state index in [0.717, 1.165) is 12.0 Å². The molecule has 7 nitrogen and oxygen atoms in total. The molecule has 2 fully saturated rings. The monoisotopic (exact) mass is 352 g/mol. The van der Waals surface area contributed by atoms with E-state index >= 15 is 0 Å². The summed E-state index contributed by atoms with van der Waals surface area (Å²) in [6.07, 6.45) is 2.41. The highest BCUT2D eigenvalue weighted by molar-refractivity contribution is 6.30. The van der Waals surface area contributed by atoms with Crippen molar-refractivity contribution in [1.82, 2.24) is 16.2 Å². The van der Waals surface area contributed by atoms with Crippen LogP contribution in [0.2, 0.25) is 5.02 Å². The van der Waals surface area contributed by atoms with Crippen LogP contribution in [0.1, 0.15) is 24.8 Å². The van der Waals surface area contributed by atoms with Crippen LogP contribution >= 0.6 is 11.6 Å². The van der Waals surface area contributed by atoms with Crippen molar-refractivity contribution in [2.24, 2.45) is 5.92 Å². The summed E-state index contributed by atoms with van der Waals surface area (Å²) in [4.78, 5) is 23.2. The number of nitrogens with one attached hydrogen (secondary N) is 3. The standard InChI is InChI=1S/C16H21ClN4O3/c17-11-3-1-2-10(8-11)6-7-18-16(22)15-13-9-12(21(23)24)4-5-14(13)19-20-15/h1-3,8,12-15,19-20H,4-7,9H2,(H,18,22). The minimum Gasteiger partial charge on any atom is -0.354 e. The highest BCUT2D eigenvalue weighted by atomic mass is 35.5. The Morgan fingerprint density at radius 3 is 2.96 bits per heavy atom. The molecule has 2 aliphatic rings. The zero-order valence-electron chi connectivity index (χ0n) is 13.2. The van der Waals surface area contributed by atoms with Gasteiger partial charge in [0.1, 0.15) is 6.04 Å². The van der Waals surface area contributed by atoms with Crippen molar-refractivity contribution in [2.75, 3.05) is 6.54 Å². The van der Waals surface area contributed by atoms with Gasteiger partial charge >= 0.3 is 0 Å². The Kier molecular flexibility index (Phi) is 5.33. The fourth-order valence-electron chi connectivity index (χ4n) is 3.62. The maximum atomic E-state index is 12.4. The number of carbonyl (C=O) groups excluding carboxylic acids is 1. The van der Waals surface area contributed by atoms with Crippen molar-refractivity contribution in [3.8, 4) is 0 Å². The lowest BCUT2D eigenvalue weighted by Crippen LogP contribution is -2.47. The Morgan fingerprint density at radius 2 is 2.21 bits per heavy atom. The van der Waals surface area contributed by atoms with Gasteiger partial charge in [0.2, 0.25) is 11.9 Å². The lowest BCUT2D eigenvalue weighted by molar-refractivity contribution is -0.528. The van der Waals surface area contributed by atoms with Gasteiger partial charge in [0.15, 0.2) is 0 Å². The molecule has 8 heteroatoms. The first-order chi connectivity index (χ1) is 11.5. The summed E-state index contributed by atoms with van der Waals surface area (Å²) in [5, 5.41) is 14.6. The van der Waals surface area contributed by atoms with Gasteiger partial charge in [0.25, 0.3) is 0 Å². The van der Waals surface area contributed by atoms with Crippen molar-refractivity contribution < 1.29 is 9.72 Å². The summed E-state index contributed by atoms with van der Waals surface area (Å²) in [5.74, 6) is -0.152. The second-order valence-electron chi connectivity index (χ2n) is 6.46. The van der Waals surface area contributed by atoms with Gasteiger partial charge in [-0.25, -0.2) is 5.43 Å². The molecule has 0 spiro atoms. The van der Waals surface area contributed by atoms with Gasteiger partial charge in [-0.2, -0.15) is 0 Å². The van der Waals surface area contributed by atoms with Crippen LogP contribution in [-0.4, -0.2) is 35.5 Å². The Hall–Kier alpha value is -1.70. The molecule has 1 aromatic carbocycles. The third-order valence-corrected chi connectivity index (χ3v) is 5.14. The number of rotatable bonds is 5. The number of nitrogens with zero attached hydrogens (tertiary/aromatic N) is 1. The average Bonchev–Trinajstić information content (AvgIpc) is 2.98. The summed E-state index contributed by atoms with van der Waals surface area (Å²) in [7, 11) is 0. The van der Waals surface area contributed by atoms with Gasteiger partial charge in [-0.3, -0.25) is 20.3 Å². The minimum absolute atomic E-state index is 0.0414. The molecular formula is C16H21ClN4O3. The third-order valence-electron chi connectivity index (χ3n) is 4.91. The second-order valence-corrected chi connectivity index (χ2v) is 6.90. The number of amides is 1. The smallest absolute Gasteiger partial charge is 0.238 e. The van der Waals surface area contributed by atoms with Gasteiger partial charge in [0, 0.05) is 41.3 Å². The van der Waals surface area contributed by atoms with Gasteiger partial charge in [0.05, 0.1) is 0 Å². The zero-order chi connectivity index (χ0) is 17.1. The number of fused-ring (bicyclic) bond motifs is 1. The molecule has 1 amide bonds. The molecule has 130 valence electrons. The van der Waals surface area contributed by atoms with E-state index in [0.29, 0.717) is 30.8 Å². The Bertz CT molecular complexity index is 627. The van der Waals surface area contributed by atoms with E-state index < -0.39 is 12.1 Å². The molecule has 1 aliphatic carbocycles. The molecule has 1 aromatic rings. The van der Waals surface area contributed by atoms with Crippen molar-refractivity contribution in [2.45, 2.75) is 43.8 Å². The Morgan fingerprint density at radius 1 is 1.38 bits per heavy atom. The van der Waals surface area contributed by atoms with Crippen molar-refractivity contribution in [3.63, 3.8) is 0 Å². The number of hydrogen-bond acceptors (Lipinski definition) is 5. The number of benzene rings is 1. The Balaban J connectivity index is 1.52. The zero-order valence-corrected chi connectivity index (χ0v) is 14.0. The molecule has 3 N–H and O–H groups in total. The van der Waals surface area contributed by atoms with E-state index in [9.17, 15) is 14.9 Å². The van der Waals surface area contributed by atoms with Crippen molar-refractivity contribution in [1.29, 1.82) is 0 Å². The van der Waals surface area contributed by atoms with Gasteiger partial charge < -0.3 is 5.32 Å². The molecule has 4 atom stereocenters. The summed E-state index contributed by atoms with van der Waals surface area (Å²) in [6, 6.07) is 6.70. The Labute approximate surface area is 145 Å². The highest BCUT2D eigenvalue weighted by Crippen LogP contribution is 2.31. The number of nitro groups is 1. The lowest BCUT2D eigenvalue weighted by atomic mass is 9.79. The van der Waals surface area contributed by atoms with E-state index in [1.165, 1.54) is 0 Å². The normalized spacial score (nSPS) is 29.0. The molecule has 0 aromatic heterocycles. The highest BCUT2D eigenvalue weighted by Gasteiger charge is 2.46. The molecule has 4 unspecified atom stereocenters. The molecular weight excluding hydrogens is 332 g/mol. The second kappa shape index (κ2) is 7.46. The van der Waals surface area contributed by atoms with Gasteiger partial charge in [-0.15, -0.1) is 0 Å². The summed E-state index contributed by atoms with van der Waals surface area (Å²) in [6.45, 7) is 0.507. The van der Waals surface area contributed by atoms with Crippen LogP contribution in [0.5, 0.6) is 0 Å². The third kappa shape index (κ3) is 3.85. The van der Waals surface area contributed by atoms with Crippen LogP contribution in [-0.2, 0) is 11.2 Å². The van der Waals surface area contributed by atoms with Crippen molar-refractivity contribution in [3.05, 3.63) is 45.0 Å². The predicted molar refractivity (Wildman–Crippen MR) is 90.1 cm³/mol. The molecule has 0 radical (unpaired) electrons. The van der Waals surface area contributed by atoms with E-state index in [-0.39, 0.29) is 22.8 Å². The molecule has 1 heterocycles. The predicted octanol–water partition coefficient (Wildman–Crippen LogP) is 1.29. The van der Waals surface area contributed by atoms with E-state index in [2.05, 4.69) is 16.2 Å². The number of carbonyl (C=O) groups is 1. The van der Waals surface area contributed by atoms with Crippen LogP contribution < -0.4 is 16.2 Å². The first kappa shape index (κ1) is 17.1. The topological polar surface area (TPSA) is 96.3 Å². The quantitative estimate of drug-likeness (QED) is 0.548. The molecule has 3 rings (SSSR count). The van der Waals surface area contributed by atoms with Crippen molar-refractivity contribution >= 4 is 17.5 Å². The van der Waals surface area contributed by atoms with E-state index in [1.54, 1.807) is 0 Å². The number of hydrogen-bond donors (Lipinski definition) is 3. The lowest BCUT2D eigenvalue weighted by Gasteiger charge is -2.28. The average molecular weight is 353 g/mol. The first-order valence-electron chi connectivity index (χ1n) is 8.21. The van der Waals surface area contributed by atoms with Crippen LogP contribution in [0.25, 0.3) is 0 Å². The SMILES string of the molecule is O=C(NCCc1cccc(Cl)c1)C1NNC2CCC([N+](=O)[O-])CC21. The van der Waals surface area contributed by atoms with E-state index in [4.69, 9.17) is 11.6 Å². The minimum atomic E-state index is -0.547. The number of hydrazine groups is 1. The van der Waals surface area contributed by atoms with Gasteiger partial charge in [-0.05, 0) is 30.5 Å². The van der Waals surface area contributed by atoms with Crippen LogP contribution in [0.4, 0.5) is 0 Å². The largest absolute Gasteiger partial charge is 0.354 e. The van der Waals surface area contributed by atoms with Gasteiger partial charge in [-0.1, -0.05) is 23.7 Å². The maximum absolute atomic E-state index is 12.4. The molecule has 1 saturated heterocycles. The summed E-state index contributed by atoms with van der Waals surface area (Å²) >= 11 is 5.94. The fourth-order valence-corrected chi connectivity index (χ4v) is 3.83. The number of halogens is 1. The maximum Gasteiger partial charge on any atom is 0.238 e. The molecule has 24 heavy (non-hydrogen) atoms. The molecule has 1 aliphatic heterocycles. The van der Waals surface area contributed by atoms with Crippen LogP contribution in [0, 0.1) is 16.0 Å². The molecule has 0 bridgehead atoms. The van der Waals surface area contributed by atoms with Crippen LogP contribution in [0.15, 0.2) is 24.3 Å². The van der Waals surface area contributed by atoms with Crippen LogP contribution in [0.3, 0.4) is 0 Å². The fraction of sp³-hybridized carbons (Fsp3) is 0.562. The molecule has 1 saturated carbocycles. The summed E-state index contributed by atoms with van der Waals surface area (Å²) < 4.78 is 0. The van der Waals surface area contributed by atoms with E-state index in [1.807, 2.05) is 24.3 Å². The first-order valence-corrected chi connectivity index (χ1v) is 8.59.